The average molecular weight is 278 g/mol. The van der Waals surface area contributed by atoms with Gasteiger partial charge in [0.05, 0.1) is 12.9 Å². The van der Waals surface area contributed by atoms with Crippen LogP contribution in [-0.2, 0) is 15.5 Å². The molecule has 0 amide bonds. The molecule has 0 bridgehead atoms. The third-order valence-corrected chi connectivity index (χ3v) is 5.43. The Morgan fingerprint density at radius 3 is 2.89 bits per heavy atom. The number of hydrogen-bond acceptors (Lipinski definition) is 2. The predicted octanol–water partition coefficient (Wildman–Crippen LogP) is 3.76. The van der Waals surface area contributed by atoms with E-state index in [-0.39, 0.29) is 0 Å². The van der Waals surface area contributed by atoms with E-state index in [1.54, 1.807) is 0 Å². The van der Waals surface area contributed by atoms with Crippen molar-refractivity contribution in [3.8, 4) is 0 Å². The van der Waals surface area contributed by atoms with Gasteiger partial charge in [0.2, 0.25) is 0 Å². The van der Waals surface area contributed by atoms with E-state index in [9.17, 15) is 4.21 Å². The summed E-state index contributed by atoms with van der Waals surface area (Å²) in [5, 5.41) is 0.419. The molecule has 0 radical (unpaired) electrons. The van der Waals surface area contributed by atoms with Crippen molar-refractivity contribution in [1.82, 2.24) is 0 Å². The van der Waals surface area contributed by atoms with Crippen LogP contribution in [-0.4, -0.2) is 21.8 Å². The Morgan fingerprint density at radius 2 is 2.21 bits per heavy atom. The first-order valence-corrected chi connectivity index (χ1v) is 8.36. The Labute approximate surface area is 118 Å². The van der Waals surface area contributed by atoms with Crippen LogP contribution in [0.4, 0.5) is 0 Å². The number of hydrogen-bond donors (Lipinski definition) is 0. The molecular formula is C16H22O2S. The highest BCUT2D eigenvalue weighted by atomic mass is 32.2. The van der Waals surface area contributed by atoms with E-state index in [1.165, 1.54) is 5.56 Å². The molecule has 19 heavy (non-hydrogen) atoms. The number of allylic oxidation sites excluding steroid dienone is 1. The summed E-state index contributed by atoms with van der Waals surface area (Å²) in [6, 6.07) is 10.2. The van der Waals surface area contributed by atoms with Crippen molar-refractivity contribution in [2.75, 3.05) is 12.4 Å². The first-order valence-electron chi connectivity index (χ1n) is 6.98. The van der Waals surface area contributed by atoms with Crippen molar-refractivity contribution in [3.05, 3.63) is 42.2 Å². The van der Waals surface area contributed by atoms with Gasteiger partial charge in [-0.15, -0.1) is 0 Å². The lowest BCUT2D eigenvalue weighted by Gasteiger charge is -2.08. The third-order valence-electron chi connectivity index (χ3n) is 3.52. The lowest BCUT2D eigenvalue weighted by Crippen LogP contribution is -2.09. The van der Waals surface area contributed by atoms with E-state index in [0.717, 1.165) is 43.6 Å². The molecule has 0 N–H and O–H groups in total. The first-order chi connectivity index (χ1) is 9.27. The number of rotatable bonds is 6. The zero-order chi connectivity index (χ0) is 13.5. The number of ether oxygens (including phenoxy) is 1. The van der Waals surface area contributed by atoms with E-state index >= 15 is 0 Å². The summed E-state index contributed by atoms with van der Waals surface area (Å²) in [5.74, 6) is 0.901. The second-order valence-corrected chi connectivity index (χ2v) is 6.87. The van der Waals surface area contributed by atoms with E-state index < -0.39 is 10.8 Å². The van der Waals surface area contributed by atoms with Crippen molar-refractivity contribution in [1.29, 1.82) is 0 Å². The topological polar surface area (TPSA) is 26.3 Å². The Bertz CT molecular complexity index is 439. The molecule has 1 aromatic carbocycles. The van der Waals surface area contributed by atoms with Gasteiger partial charge in [0.25, 0.3) is 0 Å². The molecule has 1 saturated heterocycles. The predicted molar refractivity (Wildman–Crippen MR) is 81.3 cm³/mol. The molecular weight excluding hydrogens is 256 g/mol. The minimum atomic E-state index is -0.576. The first kappa shape index (κ1) is 14.3. The van der Waals surface area contributed by atoms with Crippen LogP contribution in [0.2, 0.25) is 0 Å². The molecule has 1 heterocycles. The molecule has 3 heteroatoms. The Kier molecular flexibility index (Phi) is 5.64. The monoisotopic (exact) mass is 278 g/mol. The van der Waals surface area contributed by atoms with Gasteiger partial charge in [0.15, 0.2) is 0 Å². The van der Waals surface area contributed by atoms with Gasteiger partial charge in [-0.1, -0.05) is 30.3 Å². The van der Waals surface area contributed by atoms with Gasteiger partial charge in [-0.2, -0.15) is 0 Å². The Balaban J connectivity index is 1.67. The molecule has 1 fully saturated rings. The van der Waals surface area contributed by atoms with Crippen LogP contribution in [0, 0.1) is 0 Å². The van der Waals surface area contributed by atoms with Crippen LogP contribution in [0.15, 0.2) is 36.6 Å². The summed E-state index contributed by atoms with van der Waals surface area (Å²) < 4.78 is 17.2. The van der Waals surface area contributed by atoms with Gasteiger partial charge >= 0.3 is 0 Å². The molecule has 2 rings (SSSR count). The molecule has 0 spiro atoms. The van der Waals surface area contributed by atoms with Crippen LogP contribution in [0.5, 0.6) is 0 Å². The largest absolute Gasteiger partial charge is 0.501 e. The second kappa shape index (κ2) is 7.49. The molecule has 1 aliphatic rings. The Hall–Kier alpha value is -1.09. The smallest absolute Gasteiger partial charge is 0.0873 e. The summed E-state index contributed by atoms with van der Waals surface area (Å²) in [6.45, 7) is 2.78. The van der Waals surface area contributed by atoms with Gasteiger partial charge in [-0.3, -0.25) is 4.21 Å². The fourth-order valence-electron chi connectivity index (χ4n) is 2.37. The van der Waals surface area contributed by atoms with Crippen LogP contribution >= 0.6 is 0 Å². The molecule has 0 aliphatic carbocycles. The van der Waals surface area contributed by atoms with E-state index in [1.807, 2.05) is 24.5 Å². The molecule has 0 saturated carbocycles. The summed E-state index contributed by atoms with van der Waals surface area (Å²) >= 11 is 0. The molecule has 104 valence electrons. The average Bonchev–Trinajstić information content (AvgIpc) is 2.85. The van der Waals surface area contributed by atoms with Crippen molar-refractivity contribution in [2.24, 2.45) is 0 Å². The van der Waals surface area contributed by atoms with Crippen molar-refractivity contribution < 1.29 is 8.95 Å². The molecule has 1 aliphatic heterocycles. The summed E-state index contributed by atoms with van der Waals surface area (Å²) in [6.07, 6.45) is 6.12. The van der Waals surface area contributed by atoms with E-state index in [4.69, 9.17) is 4.74 Å². The maximum Gasteiger partial charge on any atom is 0.0873 e. The van der Waals surface area contributed by atoms with Crippen LogP contribution in [0.25, 0.3) is 5.57 Å². The van der Waals surface area contributed by atoms with Gasteiger partial charge < -0.3 is 4.74 Å². The second-order valence-electron chi connectivity index (χ2n) is 5.03. The summed E-state index contributed by atoms with van der Waals surface area (Å²) in [7, 11) is -0.576. The van der Waals surface area contributed by atoms with Crippen molar-refractivity contribution >= 4 is 16.4 Å². The number of benzene rings is 1. The minimum Gasteiger partial charge on any atom is -0.501 e. The van der Waals surface area contributed by atoms with Gasteiger partial charge in [-0.25, -0.2) is 0 Å². The molecule has 1 aromatic rings. The fraction of sp³-hybridized carbons (Fsp3) is 0.500. The molecule has 0 aromatic heterocycles. The summed E-state index contributed by atoms with van der Waals surface area (Å²) in [5.41, 5.74) is 2.34. The van der Waals surface area contributed by atoms with Crippen molar-refractivity contribution in [2.45, 2.75) is 37.9 Å². The van der Waals surface area contributed by atoms with E-state index in [2.05, 4.69) is 19.1 Å². The zero-order valence-electron chi connectivity index (χ0n) is 11.5. The highest BCUT2D eigenvalue weighted by molar-refractivity contribution is 7.85. The minimum absolute atomic E-state index is 0.419. The lowest BCUT2D eigenvalue weighted by atomic mass is 10.1. The Morgan fingerprint density at radius 1 is 1.42 bits per heavy atom. The molecule has 2 unspecified atom stereocenters. The van der Waals surface area contributed by atoms with Crippen molar-refractivity contribution in [3.63, 3.8) is 0 Å². The van der Waals surface area contributed by atoms with Gasteiger partial charge in [0, 0.05) is 21.8 Å². The van der Waals surface area contributed by atoms with Gasteiger partial charge in [-0.05, 0) is 43.7 Å². The summed E-state index contributed by atoms with van der Waals surface area (Å²) in [4.78, 5) is 0. The molecule has 2 atom stereocenters. The maximum absolute atomic E-state index is 11.6. The zero-order valence-corrected chi connectivity index (χ0v) is 12.3. The highest BCUT2D eigenvalue weighted by Gasteiger charge is 2.21. The highest BCUT2D eigenvalue weighted by Crippen LogP contribution is 2.20. The SMILES string of the molecule is C/C(=C/OCCCC1CCCS1=O)c1ccccc1. The third kappa shape index (κ3) is 4.50. The lowest BCUT2D eigenvalue weighted by molar-refractivity contribution is 0.242. The maximum atomic E-state index is 11.6. The van der Waals surface area contributed by atoms with Gasteiger partial charge in [0.1, 0.15) is 0 Å². The van der Waals surface area contributed by atoms with E-state index in [0.29, 0.717) is 5.25 Å². The van der Waals surface area contributed by atoms with Crippen LogP contribution in [0.3, 0.4) is 0 Å². The fourth-order valence-corrected chi connectivity index (χ4v) is 4.02. The molecule has 2 nitrogen and oxygen atoms in total. The normalized spacial score (nSPS) is 23.5. The van der Waals surface area contributed by atoms with Crippen LogP contribution in [0.1, 0.15) is 38.2 Å². The quantitative estimate of drug-likeness (QED) is 0.585. The van der Waals surface area contributed by atoms with Crippen LogP contribution < -0.4 is 0 Å². The standard InChI is InChI=1S/C16H22O2S/c1-14(15-7-3-2-4-8-15)13-18-11-5-9-16-10-6-12-19(16)17/h2-4,7-8,13,16H,5-6,9-12H2,1H3/b14-13-.